The van der Waals surface area contributed by atoms with Gasteiger partial charge in [-0.1, -0.05) is 12.1 Å². The third kappa shape index (κ3) is 4.86. The van der Waals surface area contributed by atoms with Gasteiger partial charge in [-0.15, -0.1) is 0 Å². The van der Waals surface area contributed by atoms with Gasteiger partial charge in [-0.3, -0.25) is 4.79 Å². The number of ether oxygens (including phenoxy) is 2. The Morgan fingerprint density at radius 1 is 0.941 bits per heavy atom. The number of nitrogens with zero attached hydrogens (tertiary/aromatic N) is 4. The van der Waals surface area contributed by atoms with Gasteiger partial charge in [0.25, 0.3) is 0 Å². The van der Waals surface area contributed by atoms with Crippen LogP contribution in [0.25, 0.3) is 0 Å². The molecule has 3 heterocycles. The summed E-state index contributed by atoms with van der Waals surface area (Å²) in [6.45, 7) is 8.84. The minimum absolute atomic E-state index is 0.192. The highest BCUT2D eigenvalue weighted by molar-refractivity contribution is 5.80. The van der Waals surface area contributed by atoms with Gasteiger partial charge in [0.2, 0.25) is 5.91 Å². The van der Waals surface area contributed by atoms with Gasteiger partial charge in [-0.25, -0.2) is 0 Å². The molecule has 2 fully saturated rings. The highest BCUT2D eigenvalue weighted by atomic mass is 16.5. The lowest BCUT2D eigenvalue weighted by molar-refractivity contribution is -0.131. The third-order valence-corrected chi connectivity index (χ3v) is 7.40. The Bertz CT molecular complexity index is 1010. The number of benzene rings is 2. The average molecular weight is 465 g/mol. The van der Waals surface area contributed by atoms with Crippen LogP contribution in [0.3, 0.4) is 0 Å². The minimum atomic E-state index is 0.192. The Morgan fingerprint density at radius 3 is 2.50 bits per heavy atom. The molecule has 0 aromatic heterocycles. The molecule has 2 aromatic carbocycles. The predicted octanol–water partition coefficient (Wildman–Crippen LogP) is 2.41. The maximum atomic E-state index is 13.4. The highest BCUT2D eigenvalue weighted by Gasteiger charge is 2.28. The monoisotopic (exact) mass is 464 g/mol. The van der Waals surface area contributed by atoms with E-state index in [-0.39, 0.29) is 5.91 Å². The average Bonchev–Trinajstić information content (AvgIpc) is 2.89. The predicted molar refractivity (Wildman–Crippen MR) is 135 cm³/mol. The van der Waals surface area contributed by atoms with Crippen LogP contribution in [-0.2, 0) is 28.9 Å². The fourth-order valence-corrected chi connectivity index (χ4v) is 5.35. The second-order valence-corrected chi connectivity index (χ2v) is 9.55. The fraction of sp³-hybridized carbons (Fsp3) is 0.519. The van der Waals surface area contributed by atoms with E-state index in [2.05, 4.69) is 58.1 Å². The zero-order chi connectivity index (χ0) is 23.5. The van der Waals surface area contributed by atoms with Crippen molar-refractivity contribution in [3.63, 3.8) is 0 Å². The molecular formula is C27H36N4O3. The number of methoxy groups -OCH3 is 1. The van der Waals surface area contributed by atoms with Crippen molar-refractivity contribution in [3.8, 4) is 5.75 Å². The molecule has 2 aromatic rings. The van der Waals surface area contributed by atoms with Crippen LogP contribution in [0.4, 0.5) is 11.4 Å². The Labute approximate surface area is 202 Å². The third-order valence-electron chi connectivity index (χ3n) is 7.40. The van der Waals surface area contributed by atoms with Crippen molar-refractivity contribution < 1.29 is 14.3 Å². The van der Waals surface area contributed by atoms with Crippen molar-refractivity contribution >= 4 is 17.3 Å². The molecule has 0 spiro atoms. The zero-order valence-corrected chi connectivity index (χ0v) is 20.5. The summed E-state index contributed by atoms with van der Waals surface area (Å²) in [6, 6.07) is 12.7. The number of hydrogen-bond donors (Lipinski definition) is 0. The van der Waals surface area contributed by atoms with Gasteiger partial charge in [0.05, 0.1) is 26.7 Å². The van der Waals surface area contributed by atoms with Crippen molar-refractivity contribution in [2.45, 2.75) is 19.4 Å². The first-order valence-corrected chi connectivity index (χ1v) is 12.4. The molecule has 2 saturated heterocycles. The summed E-state index contributed by atoms with van der Waals surface area (Å²) in [5, 5.41) is 0. The molecule has 0 aliphatic carbocycles. The van der Waals surface area contributed by atoms with E-state index < -0.39 is 0 Å². The Hall–Kier alpha value is -2.77. The van der Waals surface area contributed by atoms with Crippen LogP contribution in [0.2, 0.25) is 0 Å². The van der Waals surface area contributed by atoms with Gasteiger partial charge in [-0.2, -0.15) is 0 Å². The lowest BCUT2D eigenvalue weighted by atomic mass is 9.95. The quantitative estimate of drug-likeness (QED) is 0.678. The van der Waals surface area contributed by atoms with E-state index >= 15 is 0 Å². The zero-order valence-electron chi connectivity index (χ0n) is 20.5. The molecule has 0 radical (unpaired) electrons. The fourth-order valence-electron chi connectivity index (χ4n) is 5.35. The molecule has 7 nitrogen and oxygen atoms in total. The van der Waals surface area contributed by atoms with Crippen LogP contribution in [-0.4, -0.2) is 88.9 Å². The van der Waals surface area contributed by atoms with Gasteiger partial charge in [0.1, 0.15) is 5.75 Å². The molecular weight excluding hydrogens is 428 g/mol. The normalized spacial score (nSPS) is 19.2. The van der Waals surface area contributed by atoms with E-state index in [1.54, 1.807) is 7.11 Å². The van der Waals surface area contributed by atoms with E-state index in [4.69, 9.17) is 9.47 Å². The van der Waals surface area contributed by atoms with Gasteiger partial charge < -0.3 is 29.1 Å². The number of carbonyl (C=O) groups excluding carboxylic acids is 1. The van der Waals surface area contributed by atoms with E-state index in [9.17, 15) is 4.79 Å². The summed E-state index contributed by atoms with van der Waals surface area (Å²) in [4.78, 5) is 22.6. The lowest BCUT2D eigenvalue weighted by Crippen LogP contribution is -2.45. The van der Waals surface area contributed by atoms with E-state index in [1.807, 2.05) is 4.90 Å². The second kappa shape index (κ2) is 10.2. The molecule has 7 heteroatoms. The van der Waals surface area contributed by atoms with Crippen molar-refractivity contribution in [2.24, 2.45) is 0 Å². The molecule has 1 amide bonds. The molecule has 0 N–H and O–H groups in total. The summed E-state index contributed by atoms with van der Waals surface area (Å²) in [5.74, 6) is 1.13. The Morgan fingerprint density at radius 2 is 1.74 bits per heavy atom. The first-order valence-electron chi connectivity index (χ1n) is 12.4. The number of hydrogen-bond acceptors (Lipinski definition) is 6. The van der Waals surface area contributed by atoms with Crippen LogP contribution >= 0.6 is 0 Å². The molecule has 0 saturated carbocycles. The summed E-state index contributed by atoms with van der Waals surface area (Å²) in [6.07, 6.45) is 1.26. The van der Waals surface area contributed by atoms with E-state index in [1.165, 1.54) is 22.5 Å². The number of likely N-dealkylation sites (N-methyl/N-ethyl adjacent to an activating group) is 1. The summed E-state index contributed by atoms with van der Waals surface area (Å²) < 4.78 is 11.2. The van der Waals surface area contributed by atoms with Crippen LogP contribution in [0.1, 0.15) is 16.7 Å². The number of carbonyl (C=O) groups is 1. The van der Waals surface area contributed by atoms with Crippen molar-refractivity contribution in [2.75, 3.05) is 83.0 Å². The number of piperazine rings is 1. The number of fused-ring (bicyclic) bond motifs is 1. The molecule has 3 aliphatic heterocycles. The number of amides is 1. The molecule has 34 heavy (non-hydrogen) atoms. The largest absolute Gasteiger partial charge is 0.496 e. The molecule has 0 bridgehead atoms. The smallest absolute Gasteiger partial charge is 0.227 e. The van der Waals surface area contributed by atoms with Crippen molar-refractivity contribution in [1.82, 2.24) is 9.80 Å². The number of anilines is 2. The first-order chi connectivity index (χ1) is 16.6. The summed E-state index contributed by atoms with van der Waals surface area (Å²) in [5.41, 5.74) is 6.03. The molecule has 0 atom stereocenters. The lowest BCUT2D eigenvalue weighted by Gasteiger charge is -2.38. The van der Waals surface area contributed by atoms with Crippen molar-refractivity contribution in [3.05, 3.63) is 53.1 Å². The molecule has 0 unspecified atom stereocenters. The standard InChI is InChI=1S/C27H36N4O3/c1-28-10-12-30(13-11-28)25-6-7-26(33-2)23-8-9-31(20-24(23)25)27(32)19-21-4-3-5-22(18-21)29-14-16-34-17-15-29/h3-7,18H,8-17,19-20H2,1-2H3. The van der Waals surface area contributed by atoms with E-state index in [0.717, 1.165) is 76.8 Å². The van der Waals surface area contributed by atoms with Gasteiger partial charge in [-0.05, 0) is 43.3 Å². The Balaban J connectivity index is 1.32. The summed E-state index contributed by atoms with van der Waals surface area (Å²) >= 11 is 0. The first kappa shape index (κ1) is 23.0. The maximum absolute atomic E-state index is 13.4. The van der Waals surface area contributed by atoms with Gasteiger partial charge in [0, 0.05) is 74.9 Å². The molecule has 182 valence electrons. The second-order valence-electron chi connectivity index (χ2n) is 9.55. The molecule has 5 rings (SSSR count). The van der Waals surface area contributed by atoms with E-state index in [0.29, 0.717) is 13.0 Å². The van der Waals surface area contributed by atoms with Crippen molar-refractivity contribution in [1.29, 1.82) is 0 Å². The van der Waals surface area contributed by atoms with Crippen LogP contribution < -0.4 is 14.5 Å². The minimum Gasteiger partial charge on any atom is -0.496 e. The SMILES string of the molecule is COc1ccc(N2CCN(C)CC2)c2c1CCN(C(=O)Cc1cccc(N3CCOCC3)c1)C2. The van der Waals surface area contributed by atoms with Gasteiger partial charge in [0.15, 0.2) is 0 Å². The highest BCUT2D eigenvalue weighted by Crippen LogP contribution is 2.36. The topological polar surface area (TPSA) is 48.5 Å². The van der Waals surface area contributed by atoms with Crippen LogP contribution in [0.5, 0.6) is 5.75 Å². The molecule has 3 aliphatic rings. The van der Waals surface area contributed by atoms with Gasteiger partial charge >= 0.3 is 0 Å². The Kier molecular flexibility index (Phi) is 6.92. The number of morpholine rings is 1. The maximum Gasteiger partial charge on any atom is 0.227 e. The summed E-state index contributed by atoms with van der Waals surface area (Å²) in [7, 11) is 3.92. The number of rotatable bonds is 5. The van der Waals surface area contributed by atoms with Crippen LogP contribution in [0.15, 0.2) is 36.4 Å². The van der Waals surface area contributed by atoms with Crippen LogP contribution in [0, 0.1) is 0 Å².